The Kier molecular flexibility index (Phi) is 5.01. The van der Waals surface area contributed by atoms with Gasteiger partial charge in [-0.15, -0.1) is 0 Å². The lowest BCUT2D eigenvalue weighted by Crippen LogP contribution is -2.36. The molecule has 130 valence electrons. The predicted molar refractivity (Wildman–Crippen MR) is 93.9 cm³/mol. The minimum atomic E-state index is -0.216. The van der Waals surface area contributed by atoms with Gasteiger partial charge in [0.1, 0.15) is 0 Å². The summed E-state index contributed by atoms with van der Waals surface area (Å²) in [4.78, 5) is 33.3. The minimum Gasteiger partial charge on any atom is -0.352 e. The number of H-pyrrole nitrogens is 2. The fraction of sp³-hybridized carbons (Fsp3) is 0.529. The topological polar surface area (TPSA) is 84.2 Å². The number of hydrogen-bond donors (Lipinski definition) is 3. The van der Waals surface area contributed by atoms with E-state index in [1.165, 1.54) is 6.42 Å². The van der Waals surface area contributed by atoms with Crippen LogP contribution in [-0.4, -0.2) is 65.4 Å². The van der Waals surface area contributed by atoms with Gasteiger partial charge in [-0.3, -0.25) is 4.79 Å². The van der Waals surface area contributed by atoms with Gasteiger partial charge in [-0.1, -0.05) is 6.07 Å². The van der Waals surface area contributed by atoms with Crippen LogP contribution in [0.1, 0.15) is 18.4 Å². The lowest BCUT2D eigenvalue weighted by atomic mass is 10.2. The molecule has 2 aromatic rings. The molecule has 0 spiro atoms. The Morgan fingerprint density at radius 3 is 2.92 bits per heavy atom. The fourth-order valence-electron chi connectivity index (χ4n) is 3.21. The third-order valence-electron chi connectivity index (χ3n) is 4.75. The molecule has 7 heteroatoms. The maximum absolute atomic E-state index is 12.1. The van der Waals surface area contributed by atoms with Crippen molar-refractivity contribution in [3.8, 4) is 0 Å². The molecular weight excluding hydrogens is 306 g/mol. The normalized spacial score (nSPS) is 18.5. The summed E-state index contributed by atoms with van der Waals surface area (Å²) in [6.07, 6.45) is 1.67. The second-order valence-electron chi connectivity index (χ2n) is 6.67. The third kappa shape index (κ3) is 4.04. The van der Waals surface area contributed by atoms with Gasteiger partial charge in [0, 0.05) is 32.1 Å². The number of likely N-dealkylation sites (N-methyl/N-ethyl adjacent to an activating group) is 2. The molecule has 1 fully saturated rings. The van der Waals surface area contributed by atoms with Crippen molar-refractivity contribution >= 4 is 16.9 Å². The zero-order valence-electron chi connectivity index (χ0n) is 14.3. The molecule has 0 bridgehead atoms. The summed E-state index contributed by atoms with van der Waals surface area (Å²) < 4.78 is 0. The predicted octanol–water partition coefficient (Wildman–Crippen LogP) is 0.498. The highest BCUT2D eigenvalue weighted by Crippen LogP contribution is 2.13. The quantitative estimate of drug-likeness (QED) is 0.720. The van der Waals surface area contributed by atoms with Crippen molar-refractivity contribution < 1.29 is 4.79 Å². The molecule has 0 saturated carbocycles. The number of hydrogen-bond acceptors (Lipinski definition) is 4. The molecule has 1 aromatic carbocycles. The third-order valence-corrected chi connectivity index (χ3v) is 4.75. The van der Waals surface area contributed by atoms with Crippen molar-refractivity contribution in [2.45, 2.75) is 25.4 Å². The van der Waals surface area contributed by atoms with E-state index in [2.05, 4.69) is 39.2 Å². The Bertz CT molecular complexity index is 766. The van der Waals surface area contributed by atoms with Crippen LogP contribution in [0.3, 0.4) is 0 Å². The van der Waals surface area contributed by atoms with Gasteiger partial charge in [0.05, 0.1) is 11.0 Å². The van der Waals surface area contributed by atoms with Crippen LogP contribution in [0.2, 0.25) is 0 Å². The van der Waals surface area contributed by atoms with E-state index >= 15 is 0 Å². The summed E-state index contributed by atoms with van der Waals surface area (Å²) in [6.45, 7) is 3.45. The molecule has 3 N–H and O–H groups in total. The number of likely N-dealkylation sites (tertiary alicyclic amines) is 1. The summed E-state index contributed by atoms with van der Waals surface area (Å²) in [5.74, 6) is 0.0517. The summed E-state index contributed by atoms with van der Waals surface area (Å²) in [7, 11) is 4.22. The number of rotatable bonds is 6. The first kappa shape index (κ1) is 16.7. The maximum atomic E-state index is 12.1. The van der Waals surface area contributed by atoms with E-state index in [1.807, 2.05) is 18.2 Å². The van der Waals surface area contributed by atoms with Crippen LogP contribution in [0.15, 0.2) is 23.0 Å². The first-order valence-electron chi connectivity index (χ1n) is 8.37. The van der Waals surface area contributed by atoms with Gasteiger partial charge in [0.2, 0.25) is 5.91 Å². The summed E-state index contributed by atoms with van der Waals surface area (Å²) in [6, 6.07) is 6.19. The maximum Gasteiger partial charge on any atom is 0.323 e. The Labute approximate surface area is 141 Å². The molecular formula is C17H25N5O2. The standard InChI is InChI=1S/C17H25N5O2/c1-21-7-5-13(11-21)22(2)8-6-16(23)18-10-12-3-4-14-15(9-12)20-17(24)19-14/h3-4,9,13H,5-8,10-11H2,1-2H3,(H,18,23)(H2,19,20,24)/t13-/m1/s1. The van der Waals surface area contributed by atoms with Crippen molar-refractivity contribution in [3.63, 3.8) is 0 Å². The van der Waals surface area contributed by atoms with Gasteiger partial charge in [0.15, 0.2) is 0 Å². The van der Waals surface area contributed by atoms with Crippen LogP contribution in [0.25, 0.3) is 11.0 Å². The molecule has 1 aliphatic rings. The van der Waals surface area contributed by atoms with Gasteiger partial charge in [-0.25, -0.2) is 4.79 Å². The number of nitrogens with one attached hydrogen (secondary N) is 3. The van der Waals surface area contributed by atoms with Crippen LogP contribution >= 0.6 is 0 Å². The van der Waals surface area contributed by atoms with Crippen LogP contribution in [0.5, 0.6) is 0 Å². The van der Waals surface area contributed by atoms with Gasteiger partial charge < -0.3 is 25.1 Å². The molecule has 1 aromatic heterocycles. The Balaban J connectivity index is 1.45. The lowest BCUT2D eigenvalue weighted by Gasteiger charge is -2.23. The monoisotopic (exact) mass is 331 g/mol. The van der Waals surface area contributed by atoms with Crippen LogP contribution in [0.4, 0.5) is 0 Å². The van der Waals surface area contributed by atoms with Gasteiger partial charge >= 0.3 is 5.69 Å². The molecule has 1 saturated heterocycles. The minimum absolute atomic E-state index is 0.0517. The number of amides is 1. The molecule has 1 atom stereocenters. The molecule has 3 rings (SSSR count). The van der Waals surface area contributed by atoms with Gasteiger partial charge in [-0.2, -0.15) is 0 Å². The van der Waals surface area contributed by atoms with Crippen molar-refractivity contribution in [2.24, 2.45) is 0 Å². The number of aromatic amines is 2. The smallest absolute Gasteiger partial charge is 0.323 e. The molecule has 0 radical (unpaired) electrons. The second-order valence-corrected chi connectivity index (χ2v) is 6.67. The van der Waals surface area contributed by atoms with Crippen LogP contribution < -0.4 is 11.0 Å². The van der Waals surface area contributed by atoms with E-state index in [-0.39, 0.29) is 11.6 Å². The zero-order chi connectivity index (χ0) is 17.1. The first-order chi connectivity index (χ1) is 11.5. The van der Waals surface area contributed by atoms with Crippen LogP contribution in [0, 0.1) is 0 Å². The average Bonchev–Trinajstić information content (AvgIpc) is 3.14. The Morgan fingerprint density at radius 1 is 1.38 bits per heavy atom. The van der Waals surface area contributed by atoms with E-state index in [1.54, 1.807) is 0 Å². The summed E-state index contributed by atoms with van der Waals surface area (Å²) in [5.41, 5.74) is 2.29. The van der Waals surface area contributed by atoms with Crippen molar-refractivity contribution in [1.29, 1.82) is 0 Å². The van der Waals surface area contributed by atoms with E-state index < -0.39 is 0 Å². The molecule has 0 unspecified atom stereocenters. The van der Waals surface area contributed by atoms with Crippen molar-refractivity contribution in [1.82, 2.24) is 25.1 Å². The fourth-order valence-corrected chi connectivity index (χ4v) is 3.21. The molecule has 1 aliphatic heterocycles. The van der Waals surface area contributed by atoms with Gasteiger partial charge in [0.25, 0.3) is 0 Å². The zero-order valence-corrected chi connectivity index (χ0v) is 14.3. The Morgan fingerprint density at radius 2 is 2.17 bits per heavy atom. The molecule has 0 aliphatic carbocycles. The lowest BCUT2D eigenvalue weighted by molar-refractivity contribution is -0.121. The average molecular weight is 331 g/mol. The number of fused-ring (bicyclic) bond motifs is 1. The number of imidazole rings is 1. The van der Waals surface area contributed by atoms with Crippen LogP contribution in [-0.2, 0) is 11.3 Å². The number of benzene rings is 1. The number of carbonyl (C=O) groups is 1. The number of aromatic nitrogens is 2. The van der Waals surface area contributed by atoms with Gasteiger partial charge in [-0.05, 0) is 44.8 Å². The Hall–Kier alpha value is -2.12. The van der Waals surface area contributed by atoms with Crippen molar-refractivity contribution in [2.75, 3.05) is 33.7 Å². The number of carbonyl (C=O) groups excluding carboxylic acids is 1. The van der Waals surface area contributed by atoms with E-state index in [4.69, 9.17) is 0 Å². The van der Waals surface area contributed by atoms with E-state index in [0.717, 1.165) is 36.2 Å². The molecule has 1 amide bonds. The number of nitrogens with zero attached hydrogens (tertiary/aromatic N) is 2. The summed E-state index contributed by atoms with van der Waals surface area (Å²) >= 11 is 0. The highest BCUT2D eigenvalue weighted by Gasteiger charge is 2.23. The largest absolute Gasteiger partial charge is 0.352 e. The highest BCUT2D eigenvalue weighted by molar-refractivity contribution is 5.77. The first-order valence-corrected chi connectivity index (χ1v) is 8.37. The van der Waals surface area contributed by atoms with E-state index in [0.29, 0.717) is 19.0 Å². The SMILES string of the molecule is CN1CC[C@@H](N(C)CCC(=O)NCc2ccc3[nH]c(=O)[nH]c3c2)C1. The summed E-state index contributed by atoms with van der Waals surface area (Å²) in [5, 5.41) is 2.95. The highest BCUT2D eigenvalue weighted by atomic mass is 16.1. The second kappa shape index (κ2) is 7.19. The molecule has 24 heavy (non-hydrogen) atoms. The van der Waals surface area contributed by atoms with Crippen molar-refractivity contribution in [3.05, 3.63) is 34.2 Å². The van der Waals surface area contributed by atoms with E-state index in [9.17, 15) is 9.59 Å². The molecule has 7 nitrogen and oxygen atoms in total. The molecule has 2 heterocycles.